The summed E-state index contributed by atoms with van der Waals surface area (Å²) in [5, 5.41) is 5.93. The fourth-order valence-electron chi connectivity index (χ4n) is 2.34. The maximum atomic E-state index is 12.4. The van der Waals surface area contributed by atoms with E-state index < -0.39 is 0 Å². The third-order valence-electron chi connectivity index (χ3n) is 3.67. The van der Waals surface area contributed by atoms with Gasteiger partial charge in [0.25, 0.3) is 5.91 Å². The Balaban J connectivity index is 1.57. The Labute approximate surface area is 177 Å². The molecule has 0 radical (unpaired) electrons. The molecule has 3 rings (SSSR count). The molecular formula is C21H17IN2O2S. The van der Waals surface area contributed by atoms with Gasteiger partial charge in [0.2, 0.25) is 0 Å². The van der Waals surface area contributed by atoms with Crippen molar-refractivity contribution >= 4 is 51.5 Å². The summed E-state index contributed by atoms with van der Waals surface area (Å²) < 4.78 is 6.89. The SMILES string of the molecule is O=C(NC(=S)Nc1ccc(I)cc1)c1cccc(OCc2ccccc2)c1. The third-order valence-corrected chi connectivity index (χ3v) is 4.60. The van der Waals surface area contributed by atoms with Gasteiger partial charge in [-0.15, -0.1) is 0 Å². The number of hydrogen-bond donors (Lipinski definition) is 2. The molecule has 3 aromatic rings. The zero-order valence-electron chi connectivity index (χ0n) is 14.3. The molecule has 2 N–H and O–H groups in total. The molecule has 0 aliphatic rings. The average Bonchev–Trinajstić information content (AvgIpc) is 2.69. The van der Waals surface area contributed by atoms with Gasteiger partial charge in [-0.05, 0) is 82.8 Å². The first-order valence-corrected chi connectivity index (χ1v) is 9.73. The molecule has 0 saturated heterocycles. The second kappa shape index (κ2) is 9.48. The molecule has 0 saturated carbocycles. The third kappa shape index (κ3) is 6.04. The van der Waals surface area contributed by atoms with Gasteiger partial charge in [0.15, 0.2) is 5.11 Å². The zero-order chi connectivity index (χ0) is 19.1. The lowest BCUT2D eigenvalue weighted by Gasteiger charge is -2.11. The summed E-state index contributed by atoms with van der Waals surface area (Å²) >= 11 is 7.45. The predicted octanol–water partition coefficient (Wildman–Crippen LogP) is 5.00. The van der Waals surface area contributed by atoms with Crippen LogP contribution in [-0.4, -0.2) is 11.0 Å². The Morgan fingerprint density at radius 1 is 0.963 bits per heavy atom. The van der Waals surface area contributed by atoms with E-state index in [4.69, 9.17) is 17.0 Å². The largest absolute Gasteiger partial charge is 0.489 e. The van der Waals surface area contributed by atoms with Crippen LogP contribution in [0.4, 0.5) is 5.69 Å². The van der Waals surface area contributed by atoms with Gasteiger partial charge in [-0.25, -0.2) is 0 Å². The summed E-state index contributed by atoms with van der Waals surface area (Å²) in [5.41, 5.74) is 2.36. The van der Waals surface area contributed by atoms with E-state index in [0.717, 1.165) is 14.8 Å². The van der Waals surface area contributed by atoms with E-state index in [1.54, 1.807) is 18.2 Å². The lowest BCUT2D eigenvalue weighted by molar-refractivity contribution is 0.0977. The Hall–Kier alpha value is -2.45. The van der Waals surface area contributed by atoms with Crippen molar-refractivity contribution in [2.45, 2.75) is 6.61 Å². The van der Waals surface area contributed by atoms with Gasteiger partial charge in [-0.3, -0.25) is 10.1 Å². The summed E-state index contributed by atoms with van der Waals surface area (Å²) in [7, 11) is 0. The van der Waals surface area contributed by atoms with Crippen LogP contribution < -0.4 is 15.4 Å². The average molecular weight is 488 g/mol. The normalized spacial score (nSPS) is 10.1. The smallest absolute Gasteiger partial charge is 0.257 e. The van der Waals surface area contributed by atoms with E-state index in [1.165, 1.54) is 0 Å². The Morgan fingerprint density at radius 2 is 1.70 bits per heavy atom. The molecule has 1 amide bonds. The van der Waals surface area contributed by atoms with Crippen LogP contribution in [0.1, 0.15) is 15.9 Å². The molecule has 6 heteroatoms. The number of rotatable bonds is 5. The predicted molar refractivity (Wildman–Crippen MR) is 120 cm³/mol. The van der Waals surface area contributed by atoms with Crippen molar-refractivity contribution in [1.29, 1.82) is 0 Å². The van der Waals surface area contributed by atoms with Crippen LogP contribution in [0.25, 0.3) is 0 Å². The quantitative estimate of drug-likeness (QED) is 0.392. The summed E-state index contributed by atoms with van der Waals surface area (Å²) in [4.78, 5) is 12.4. The monoisotopic (exact) mass is 488 g/mol. The van der Waals surface area contributed by atoms with E-state index >= 15 is 0 Å². The van der Waals surface area contributed by atoms with E-state index in [9.17, 15) is 4.79 Å². The van der Waals surface area contributed by atoms with Crippen LogP contribution in [-0.2, 0) is 6.61 Å². The molecule has 3 aromatic carbocycles. The Kier molecular flexibility index (Phi) is 6.78. The second-order valence-electron chi connectivity index (χ2n) is 5.72. The number of nitrogens with one attached hydrogen (secondary N) is 2. The molecule has 0 unspecified atom stereocenters. The number of benzene rings is 3. The lowest BCUT2D eigenvalue weighted by atomic mass is 10.2. The lowest BCUT2D eigenvalue weighted by Crippen LogP contribution is -2.34. The van der Waals surface area contributed by atoms with Crippen LogP contribution in [0.3, 0.4) is 0 Å². The van der Waals surface area contributed by atoms with Gasteiger partial charge >= 0.3 is 0 Å². The van der Waals surface area contributed by atoms with Gasteiger partial charge in [0, 0.05) is 14.8 Å². The maximum Gasteiger partial charge on any atom is 0.257 e. The second-order valence-corrected chi connectivity index (χ2v) is 7.37. The number of amides is 1. The molecule has 0 heterocycles. The molecule has 0 spiro atoms. The number of halogens is 1. The molecule has 27 heavy (non-hydrogen) atoms. The molecular weight excluding hydrogens is 471 g/mol. The van der Waals surface area contributed by atoms with Crippen molar-refractivity contribution in [3.05, 3.63) is 93.6 Å². The summed E-state index contributed by atoms with van der Waals surface area (Å²) in [6, 6.07) is 24.6. The Bertz CT molecular complexity index is 930. The number of hydrogen-bond acceptors (Lipinski definition) is 3. The number of thiocarbonyl (C=S) groups is 1. The van der Waals surface area contributed by atoms with Crippen LogP contribution in [0.15, 0.2) is 78.9 Å². The maximum absolute atomic E-state index is 12.4. The van der Waals surface area contributed by atoms with E-state index in [-0.39, 0.29) is 11.0 Å². The molecule has 4 nitrogen and oxygen atoms in total. The van der Waals surface area contributed by atoms with Crippen LogP contribution in [0.5, 0.6) is 5.75 Å². The summed E-state index contributed by atoms with van der Waals surface area (Å²) in [6.45, 7) is 0.443. The fourth-order valence-corrected chi connectivity index (χ4v) is 2.91. The molecule has 0 fully saturated rings. The van der Waals surface area contributed by atoms with E-state index in [0.29, 0.717) is 17.9 Å². The van der Waals surface area contributed by atoms with Gasteiger partial charge in [-0.1, -0.05) is 36.4 Å². The van der Waals surface area contributed by atoms with Crippen molar-refractivity contribution < 1.29 is 9.53 Å². The first-order valence-electron chi connectivity index (χ1n) is 8.25. The minimum absolute atomic E-state index is 0.247. The number of carbonyl (C=O) groups is 1. The van der Waals surface area contributed by atoms with E-state index in [1.807, 2.05) is 60.7 Å². The number of carbonyl (C=O) groups excluding carboxylic acids is 1. The van der Waals surface area contributed by atoms with Gasteiger partial charge in [0.05, 0.1) is 0 Å². The Morgan fingerprint density at radius 3 is 2.44 bits per heavy atom. The fraction of sp³-hybridized carbons (Fsp3) is 0.0476. The van der Waals surface area contributed by atoms with Crippen molar-refractivity contribution in [1.82, 2.24) is 5.32 Å². The highest BCUT2D eigenvalue weighted by Gasteiger charge is 2.09. The highest BCUT2D eigenvalue weighted by Crippen LogP contribution is 2.16. The van der Waals surface area contributed by atoms with Crippen molar-refractivity contribution in [2.75, 3.05) is 5.32 Å². The van der Waals surface area contributed by atoms with Crippen molar-refractivity contribution in [3.63, 3.8) is 0 Å². The number of ether oxygens (including phenoxy) is 1. The minimum atomic E-state index is -0.289. The molecule has 136 valence electrons. The summed E-state index contributed by atoms with van der Waals surface area (Å²) in [5.74, 6) is 0.339. The topological polar surface area (TPSA) is 50.4 Å². The van der Waals surface area contributed by atoms with Crippen molar-refractivity contribution in [3.8, 4) is 5.75 Å². The van der Waals surface area contributed by atoms with Crippen LogP contribution in [0.2, 0.25) is 0 Å². The first kappa shape index (κ1) is 19.3. The minimum Gasteiger partial charge on any atom is -0.489 e. The summed E-state index contributed by atoms with van der Waals surface area (Å²) in [6.07, 6.45) is 0. The highest BCUT2D eigenvalue weighted by molar-refractivity contribution is 14.1. The van der Waals surface area contributed by atoms with Crippen LogP contribution >= 0.6 is 34.8 Å². The molecule has 0 aliphatic carbocycles. The van der Waals surface area contributed by atoms with E-state index in [2.05, 4.69) is 33.2 Å². The molecule has 0 bridgehead atoms. The molecule has 0 aromatic heterocycles. The standard InChI is InChI=1S/C21H17IN2O2S/c22-17-9-11-18(12-10-17)23-21(27)24-20(25)16-7-4-8-19(13-16)26-14-15-5-2-1-3-6-15/h1-13H,14H2,(H2,23,24,25,27). The highest BCUT2D eigenvalue weighted by atomic mass is 127. The van der Waals surface area contributed by atoms with Gasteiger partial charge in [-0.2, -0.15) is 0 Å². The first-order chi connectivity index (χ1) is 13.1. The van der Waals surface area contributed by atoms with Gasteiger partial charge < -0.3 is 10.1 Å². The van der Waals surface area contributed by atoms with Gasteiger partial charge in [0.1, 0.15) is 12.4 Å². The molecule has 0 aliphatic heterocycles. The molecule has 0 atom stereocenters. The number of anilines is 1. The zero-order valence-corrected chi connectivity index (χ0v) is 17.3. The van der Waals surface area contributed by atoms with Crippen LogP contribution in [0, 0.1) is 3.57 Å². The van der Waals surface area contributed by atoms with Crippen molar-refractivity contribution in [2.24, 2.45) is 0 Å².